The van der Waals surface area contributed by atoms with Gasteiger partial charge >= 0.3 is 0 Å². The summed E-state index contributed by atoms with van der Waals surface area (Å²) in [6.07, 6.45) is 3.18. The van der Waals surface area contributed by atoms with Crippen LogP contribution < -0.4 is 11.1 Å². The molecule has 1 aromatic rings. The van der Waals surface area contributed by atoms with E-state index in [0.717, 1.165) is 12.6 Å². The van der Waals surface area contributed by atoms with Crippen LogP contribution in [0.15, 0.2) is 18.5 Å². The largest absolute Gasteiger partial charge is 0.350 e. The van der Waals surface area contributed by atoms with E-state index in [1.807, 2.05) is 0 Å². The van der Waals surface area contributed by atoms with Gasteiger partial charge < -0.3 is 11.1 Å². The first-order valence-electron chi connectivity index (χ1n) is 5.93. The molecule has 0 saturated carbocycles. The molecule has 0 aliphatic carbocycles. The minimum atomic E-state index is -0.626. The average molecular weight is 253 g/mol. The Morgan fingerprint density at radius 3 is 2.78 bits per heavy atom. The first kappa shape index (κ1) is 14.6. The molecule has 18 heavy (non-hydrogen) atoms. The van der Waals surface area contributed by atoms with E-state index in [1.54, 1.807) is 0 Å². The molecule has 1 unspecified atom stereocenters. The summed E-state index contributed by atoms with van der Waals surface area (Å²) in [6.45, 7) is 6.57. The van der Waals surface area contributed by atoms with Crippen molar-refractivity contribution < 1.29 is 9.18 Å². The van der Waals surface area contributed by atoms with Gasteiger partial charge in [-0.15, -0.1) is 0 Å². The summed E-state index contributed by atoms with van der Waals surface area (Å²) in [5.74, 6) is -1.08. The van der Waals surface area contributed by atoms with Crippen molar-refractivity contribution >= 4 is 5.91 Å². The molecule has 4 nitrogen and oxygen atoms in total. The van der Waals surface area contributed by atoms with Gasteiger partial charge in [0.1, 0.15) is 0 Å². The number of carbonyl (C=O) groups is 1. The van der Waals surface area contributed by atoms with Crippen LogP contribution in [0.5, 0.6) is 0 Å². The third-order valence-corrected chi connectivity index (χ3v) is 2.42. The van der Waals surface area contributed by atoms with E-state index in [1.165, 1.54) is 12.3 Å². The molecule has 0 aromatic carbocycles. The van der Waals surface area contributed by atoms with Crippen LogP contribution in [0.25, 0.3) is 0 Å². The first-order chi connectivity index (χ1) is 8.29. The Kier molecular flexibility index (Phi) is 4.78. The monoisotopic (exact) mass is 253 g/mol. The zero-order valence-electron chi connectivity index (χ0n) is 11.0. The van der Waals surface area contributed by atoms with Crippen molar-refractivity contribution in [1.29, 1.82) is 0 Å². The van der Waals surface area contributed by atoms with Crippen molar-refractivity contribution in [3.05, 3.63) is 29.8 Å². The third kappa shape index (κ3) is 4.79. The Balaban J connectivity index is 2.50. The second-order valence-electron chi connectivity index (χ2n) is 5.59. The van der Waals surface area contributed by atoms with Gasteiger partial charge in [0.15, 0.2) is 5.82 Å². The number of aromatic nitrogens is 1. The molecule has 3 N–H and O–H groups in total. The molecule has 1 heterocycles. The fourth-order valence-electron chi connectivity index (χ4n) is 1.74. The van der Waals surface area contributed by atoms with E-state index < -0.39 is 11.7 Å². The van der Waals surface area contributed by atoms with Crippen molar-refractivity contribution in [2.24, 2.45) is 11.1 Å². The summed E-state index contributed by atoms with van der Waals surface area (Å²) >= 11 is 0. The van der Waals surface area contributed by atoms with E-state index in [2.05, 4.69) is 31.1 Å². The first-order valence-corrected chi connectivity index (χ1v) is 5.93. The van der Waals surface area contributed by atoms with Crippen LogP contribution in [-0.4, -0.2) is 23.5 Å². The molecule has 1 amide bonds. The Labute approximate surface area is 107 Å². The number of nitrogens with one attached hydrogen (secondary N) is 1. The van der Waals surface area contributed by atoms with Gasteiger partial charge in [-0.05, 0) is 17.9 Å². The number of nitrogens with zero attached hydrogens (tertiary/aromatic N) is 1. The van der Waals surface area contributed by atoms with Crippen LogP contribution in [-0.2, 0) is 0 Å². The lowest BCUT2D eigenvalue weighted by molar-refractivity contribution is 0.0944. The van der Waals surface area contributed by atoms with E-state index in [9.17, 15) is 9.18 Å². The van der Waals surface area contributed by atoms with Gasteiger partial charge in [-0.3, -0.25) is 9.78 Å². The summed E-state index contributed by atoms with van der Waals surface area (Å²) in [5, 5.41) is 2.63. The molecule has 0 saturated heterocycles. The number of halogens is 1. The zero-order valence-corrected chi connectivity index (χ0v) is 11.0. The highest BCUT2D eigenvalue weighted by atomic mass is 19.1. The zero-order chi connectivity index (χ0) is 13.8. The topological polar surface area (TPSA) is 68.0 Å². The second-order valence-corrected chi connectivity index (χ2v) is 5.59. The maximum absolute atomic E-state index is 13.3. The molecular formula is C13H20FN3O. The maximum atomic E-state index is 13.3. The smallest absolute Gasteiger partial charge is 0.254 e. The number of hydrogen-bond acceptors (Lipinski definition) is 3. The predicted molar refractivity (Wildman–Crippen MR) is 68.6 cm³/mol. The second kappa shape index (κ2) is 5.91. The van der Waals surface area contributed by atoms with E-state index in [4.69, 9.17) is 5.73 Å². The SMILES string of the molecule is CC(C)(C)CC(N)CNC(=O)c1ccncc1F. The number of pyridine rings is 1. The van der Waals surface area contributed by atoms with Gasteiger partial charge in [-0.1, -0.05) is 20.8 Å². The van der Waals surface area contributed by atoms with E-state index >= 15 is 0 Å². The van der Waals surface area contributed by atoms with Crippen molar-refractivity contribution in [3.63, 3.8) is 0 Å². The van der Waals surface area contributed by atoms with Crippen LogP contribution >= 0.6 is 0 Å². The highest BCUT2D eigenvalue weighted by Crippen LogP contribution is 2.19. The van der Waals surface area contributed by atoms with Crippen LogP contribution in [0, 0.1) is 11.2 Å². The molecule has 0 spiro atoms. The minimum absolute atomic E-state index is 0.00652. The average Bonchev–Trinajstić information content (AvgIpc) is 2.24. The summed E-state index contributed by atoms with van der Waals surface area (Å²) in [5.41, 5.74) is 6.00. The fourth-order valence-corrected chi connectivity index (χ4v) is 1.74. The van der Waals surface area contributed by atoms with Gasteiger partial charge in [0.2, 0.25) is 0 Å². The standard InChI is InChI=1S/C13H20FN3O/c1-13(2,3)6-9(15)7-17-12(18)10-4-5-16-8-11(10)14/h4-5,8-9H,6-7,15H2,1-3H3,(H,17,18). The minimum Gasteiger partial charge on any atom is -0.350 e. The molecule has 1 rings (SSSR count). The maximum Gasteiger partial charge on any atom is 0.254 e. The van der Waals surface area contributed by atoms with Crippen molar-refractivity contribution in [2.75, 3.05) is 6.54 Å². The van der Waals surface area contributed by atoms with Gasteiger partial charge in [0.05, 0.1) is 11.8 Å². The van der Waals surface area contributed by atoms with Crippen molar-refractivity contribution in [3.8, 4) is 0 Å². The lowest BCUT2D eigenvalue weighted by Gasteiger charge is -2.23. The highest BCUT2D eigenvalue weighted by Gasteiger charge is 2.17. The Morgan fingerprint density at radius 2 is 2.22 bits per heavy atom. The van der Waals surface area contributed by atoms with E-state index in [-0.39, 0.29) is 17.0 Å². The molecule has 100 valence electrons. The molecule has 1 atom stereocenters. The Bertz CT molecular complexity index is 415. The fraction of sp³-hybridized carbons (Fsp3) is 0.538. The summed E-state index contributed by atoms with van der Waals surface area (Å²) < 4.78 is 13.3. The Hall–Kier alpha value is -1.49. The molecule has 0 fully saturated rings. The third-order valence-electron chi connectivity index (χ3n) is 2.42. The molecule has 0 radical (unpaired) electrons. The number of carbonyl (C=O) groups excluding carboxylic acids is 1. The molecule has 0 aliphatic rings. The van der Waals surface area contributed by atoms with Crippen LogP contribution in [0.3, 0.4) is 0 Å². The quantitative estimate of drug-likeness (QED) is 0.858. The molecule has 1 aromatic heterocycles. The van der Waals surface area contributed by atoms with Gasteiger partial charge in [-0.25, -0.2) is 4.39 Å². The van der Waals surface area contributed by atoms with Crippen LogP contribution in [0.4, 0.5) is 4.39 Å². The normalized spacial score (nSPS) is 13.2. The van der Waals surface area contributed by atoms with Gasteiger partial charge in [0, 0.05) is 18.8 Å². The highest BCUT2D eigenvalue weighted by molar-refractivity contribution is 5.94. The van der Waals surface area contributed by atoms with Crippen molar-refractivity contribution in [2.45, 2.75) is 33.2 Å². The van der Waals surface area contributed by atoms with Gasteiger partial charge in [0.25, 0.3) is 5.91 Å². The number of nitrogens with two attached hydrogens (primary N) is 1. The molecule has 0 bridgehead atoms. The van der Waals surface area contributed by atoms with Crippen LogP contribution in [0.2, 0.25) is 0 Å². The molecule has 5 heteroatoms. The predicted octanol–water partition coefficient (Wildman–Crippen LogP) is 1.71. The number of rotatable bonds is 4. The molecular weight excluding hydrogens is 233 g/mol. The summed E-state index contributed by atoms with van der Waals surface area (Å²) in [4.78, 5) is 15.3. The molecule has 0 aliphatic heterocycles. The number of amides is 1. The summed E-state index contributed by atoms with van der Waals surface area (Å²) in [7, 11) is 0. The lowest BCUT2D eigenvalue weighted by atomic mass is 9.88. The van der Waals surface area contributed by atoms with E-state index in [0.29, 0.717) is 6.54 Å². The van der Waals surface area contributed by atoms with Crippen molar-refractivity contribution in [1.82, 2.24) is 10.3 Å². The Morgan fingerprint density at radius 1 is 1.56 bits per heavy atom. The van der Waals surface area contributed by atoms with Crippen LogP contribution in [0.1, 0.15) is 37.6 Å². The summed E-state index contributed by atoms with van der Waals surface area (Å²) in [6, 6.07) is 1.21. The van der Waals surface area contributed by atoms with Gasteiger partial charge in [-0.2, -0.15) is 0 Å². The number of hydrogen-bond donors (Lipinski definition) is 2. The lowest BCUT2D eigenvalue weighted by Crippen LogP contribution is -2.39.